The smallest absolute Gasteiger partial charge is 0.258 e. The molecule has 1 aromatic rings. The second-order valence-electron chi connectivity index (χ2n) is 5.54. The fourth-order valence-electron chi connectivity index (χ4n) is 2.05. The van der Waals surface area contributed by atoms with Crippen LogP contribution in [0.3, 0.4) is 0 Å². The van der Waals surface area contributed by atoms with Crippen LogP contribution in [0.4, 0.5) is 0 Å². The van der Waals surface area contributed by atoms with Crippen molar-refractivity contribution >= 4 is 27.5 Å². The van der Waals surface area contributed by atoms with E-state index < -0.39 is 10.0 Å². The predicted octanol–water partition coefficient (Wildman–Crippen LogP) is 2.71. The molecule has 2 N–H and O–H groups in total. The molecule has 0 aliphatic heterocycles. The second kappa shape index (κ2) is 9.86. The highest BCUT2D eigenvalue weighted by molar-refractivity contribution is 7.89. The summed E-state index contributed by atoms with van der Waals surface area (Å²) in [5, 5.41) is 2.96. The zero-order valence-electron chi connectivity index (χ0n) is 14.3. The number of hydrogen-bond donors (Lipinski definition) is 2. The summed E-state index contributed by atoms with van der Waals surface area (Å²) in [4.78, 5) is 11.8. The molecular formula is C16H25ClN2O4S. The number of amides is 1. The molecule has 1 rings (SSSR count). The van der Waals surface area contributed by atoms with Crippen LogP contribution in [0.2, 0.25) is 5.02 Å². The predicted molar refractivity (Wildman–Crippen MR) is 94.9 cm³/mol. The van der Waals surface area contributed by atoms with E-state index in [1.807, 2.05) is 20.8 Å². The van der Waals surface area contributed by atoms with Crippen molar-refractivity contribution in [3.63, 3.8) is 0 Å². The van der Waals surface area contributed by atoms with Crippen LogP contribution in [-0.2, 0) is 14.8 Å². The Morgan fingerprint density at radius 1 is 1.29 bits per heavy atom. The van der Waals surface area contributed by atoms with Crippen molar-refractivity contribution < 1.29 is 17.9 Å². The molecule has 0 aliphatic carbocycles. The molecule has 0 fully saturated rings. The number of nitrogens with one attached hydrogen (secondary N) is 2. The monoisotopic (exact) mass is 376 g/mol. The molecular weight excluding hydrogens is 352 g/mol. The van der Waals surface area contributed by atoms with Gasteiger partial charge in [-0.05, 0) is 38.0 Å². The van der Waals surface area contributed by atoms with Crippen LogP contribution in [0.15, 0.2) is 23.1 Å². The SMILES string of the molecule is CCCNS(=O)(=O)c1ccc(OCC(=O)N[C@@H](C)CCC)c(Cl)c1. The van der Waals surface area contributed by atoms with Crippen LogP contribution < -0.4 is 14.8 Å². The quantitative estimate of drug-likeness (QED) is 0.657. The second-order valence-corrected chi connectivity index (χ2v) is 7.71. The van der Waals surface area contributed by atoms with Gasteiger partial charge in [0.1, 0.15) is 5.75 Å². The molecule has 1 aromatic carbocycles. The number of carbonyl (C=O) groups is 1. The first-order valence-corrected chi connectivity index (χ1v) is 9.87. The zero-order valence-corrected chi connectivity index (χ0v) is 15.8. The Bertz CT molecular complexity index is 649. The van der Waals surface area contributed by atoms with Crippen LogP contribution in [0.5, 0.6) is 5.75 Å². The van der Waals surface area contributed by atoms with Gasteiger partial charge in [0.15, 0.2) is 6.61 Å². The number of rotatable bonds is 10. The van der Waals surface area contributed by atoms with E-state index in [0.717, 1.165) is 12.8 Å². The lowest BCUT2D eigenvalue weighted by molar-refractivity contribution is -0.123. The number of halogens is 1. The van der Waals surface area contributed by atoms with E-state index in [1.165, 1.54) is 18.2 Å². The van der Waals surface area contributed by atoms with Crippen LogP contribution in [-0.4, -0.2) is 33.5 Å². The van der Waals surface area contributed by atoms with Crippen molar-refractivity contribution in [1.29, 1.82) is 0 Å². The van der Waals surface area contributed by atoms with Crippen LogP contribution >= 0.6 is 11.6 Å². The summed E-state index contributed by atoms with van der Waals surface area (Å²) in [5.74, 6) is 0.0257. The van der Waals surface area contributed by atoms with Crippen molar-refractivity contribution in [3.8, 4) is 5.75 Å². The highest BCUT2D eigenvalue weighted by Gasteiger charge is 2.16. The molecule has 0 aromatic heterocycles. The average Bonchev–Trinajstić information content (AvgIpc) is 2.51. The van der Waals surface area contributed by atoms with Crippen LogP contribution in [0.1, 0.15) is 40.0 Å². The van der Waals surface area contributed by atoms with Gasteiger partial charge in [-0.3, -0.25) is 4.79 Å². The molecule has 0 spiro atoms. The van der Waals surface area contributed by atoms with Gasteiger partial charge in [-0.2, -0.15) is 0 Å². The van der Waals surface area contributed by atoms with Crippen molar-refractivity contribution in [2.45, 2.75) is 51.0 Å². The lowest BCUT2D eigenvalue weighted by Gasteiger charge is -2.14. The van der Waals surface area contributed by atoms with Gasteiger partial charge in [0.25, 0.3) is 5.91 Å². The summed E-state index contributed by atoms with van der Waals surface area (Å²) in [6, 6.07) is 4.24. The molecule has 6 nitrogen and oxygen atoms in total. The average molecular weight is 377 g/mol. The van der Waals surface area contributed by atoms with E-state index in [0.29, 0.717) is 13.0 Å². The van der Waals surface area contributed by atoms with Crippen LogP contribution in [0.25, 0.3) is 0 Å². The van der Waals surface area contributed by atoms with Gasteiger partial charge in [-0.25, -0.2) is 13.1 Å². The third-order valence-electron chi connectivity index (χ3n) is 3.24. The minimum Gasteiger partial charge on any atom is -0.482 e. The summed E-state index contributed by atoms with van der Waals surface area (Å²) >= 11 is 6.06. The first-order valence-electron chi connectivity index (χ1n) is 8.01. The topological polar surface area (TPSA) is 84.5 Å². The molecule has 0 aliphatic rings. The third-order valence-corrected chi connectivity index (χ3v) is 5.00. The molecule has 0 bridgehead atoms. The minimum atomic E-state index is -3.58. The van der Waals surface area contributed by atoms with E-state index in [9.17, 15) is 13.2 Å². The lowest BCUT2D eigenvalue weighted by Crippen LogP contribution is -2.35. The molecule has 136 valence electrons. The molecule has 8 heteroatoms. The van der Waals surface area contributed by atoms with Gasteiger partial charge in [-0.15, -0.1) is 0 Å². The molecule has 0 heterocycles. The first-order chi connectivity index (χ1) is 11.3. The summed E-state index contributed by atoms with van der Waals surface area (Å²) in [6.45, 7) is 6.03. The molecule has 0 radical (unpaired) electrons. The maximum absolute atomic E-state index is 12.0. The van der Waals surface area contributed by atoms with E-state index >= 15 is 0 Å². The van der Waals surface area contributed by atoms with E-state index in [-0.39, 0.29) is 34.2 Å². The largest absolute Gasteiger partial charge is 0.482 e. The maximum atomic E-state index is 12.0. The Morgan fingerprint density at radius 3 is 2.58 bits per heavy atom. The highest BCUT2D eigenvalue weighted by Crippen LogP contribution is 2.27. The van der Waals surface area contributed by atoms with E-state index in [4.69, 9.17) is 16.3 Å². The molecule has 0 saturated carbocycles. The Labute approximate surface area is 149 Å². The standard InChI is InChI=1S/C16H25ClN2O4S/c1-4-6-12(3)19-16(20)11-23-15-8-7-13(10-14(15)17)24(21,22)18-9-5-2/h7-8,10,12,18H,4-6,9,11H2,1-3H3,(H,19,20)/t12-/m0/s1. The van der Waals surface area contributed by atoms with Gasteiger partial charge in [-0.1, -0.05) is 31.9 Å². The normalized spacial score (nSPS) is 12.7. The fraction of sp³-hybridized carbons (Fsp3) is 0.562. The summed E-state index contributed by atoms with van der Waals surface area (Å²) in [7, 11) is -3.58. The van der Waals surface area contributed by atoms with Crippen molar-refractivity contribution in [1.82, 2.24) is 10.0 Å². The molecule has 24 heavy (non-hydrogen) atoms. The van der Waals surface area contributed by atoms with Crippen molar-refractivity contribution in [3.05, 3.63) is 23.2 Å². The molecule has 0 unspecified atom stereocenters. The lowest BCUT2D eigenvalue weighted by atomic mass is 10.2. The Kier molecular flexibility index (Phi) is 8.52. The Balaban J connectivity index is 2.67. The zero-order chi connectivity index (χ0) is 18.2. The fourth-order valence-corrected chi connectivity index (χ4v) is 3.51. The van der Waals surface area contributed by atoms with Gasteiger partial charge >= 0.3 is 0 Å². The summed E-state index contributed by atoms with van der Waals surface area (Å²) < 4.78 is 31.9. The number of carbonyl (C=O) groups excluding carboxylic acids is 1. The summed E-state index contributed by atoms with van der Waals surface area (Å²) in [5.41, 5.74) is 0. The number of hydrogen-bond acceptors (Lipinski definition) is 4. The van der Waals surface area contributed by atoms with Gasteiger partial charge in [0.05, 0.1) is 9.92 Å². The molecule has 1 atom stereocenters. The van der Waals surface area contributed by atoms with Gasteiger partial charge in [0, 0.05) is 12.6 Å². The number of ether oxygens (including phenoxy) is 1. The number of sulfonamides is 1. The number of benzene rings is 1. The van der Waals surface area contributed by atoms with Crippen molar-refractivity contribution in [2.75, 3.05) is 13.2 Å². The maximum Gasteiger partial charge on any atom is 0.258 e. The first kappa shape index (κ1) is 20.7. The Hall–Kier alpha value is -1.31. The minimum absolute atomic E-state index is 0.0642. The summed E-state index contributed by atoms with van der Waals surface area (Å²) in [6.07, 6.45) is 2.57. The molecule has 0 saturated heterocycles. The van der Waals surface area contributed by atoms with E-state index in [2.05, 4.69) is 10.0 Å². The molecule has 1 amide bonds. The van der Waals surface area contributed by atoms with Gasteiger partial charge in [0.2, 0.25) is 10.0 Å². The van der Waals surface area contributed by atoms with Crippen LogP contribution in [0, 0.1) is 0 Å². The Morgan fingerprint density at radius 2 is 2.00 bits per heavy atom. The highest BCUT2D eigenvalue weighted by atomic mass is 35.5. The van der Waals surface area contributed by atoms with Gasteiger partial charge < -0.3 is 10.1 Å². The third kappa shape index (κ3) is 6.67. The van der Waals surface area contributed by atoms with Crippen molar-refractivity contribution in [2.24, 2.45) is 0 Å². The van der Waals surface area contributed by atoms with E-state index in [1.54, 1.807) is 0 Å².